The minimum atomic E-state index is -0.204. The lowest BCUT2D eigenvalue weighted by Gasteiger charge is -2.10. The number of hydrogen-bond acceptors (Lipinski definition) is 2. The quantitative estimate of drug-likeness (QED) is 0.635. The molecule has 0 aromatic heterocycles. The number of carbonyl (C=O) groups is 2. The molecule has 0 radical (unpaired) electrons. The van der Waals surface area contributed by atoms with Gasteiger partial charge in [0.2, 0.25) is 11.8 Å². The van der Waals surface area contributed by atoms with Crippen molar-refractivity contribution in [2.24, 2.45) is 0 Å². The average Bonchev–Trinajstić information content (AvgIpc) is 2.68. The predicted octanol–water partition coefficient (Wildman–Crippen LogP) is 4.96. The molecule has 0 heterocycles. The largest absolute Gasteiger partial charge is 0.326 e. The van der Waals surface area contributed by atoms with E-state index in [0.717, 1.165) is 28.1 Å². The predicted molar refractivity (Wildman–Crippen MR) is 110 cm³/mol. The Labute approximate surface area is 158 Å². The molecule has 4 nitrogen and oxygen atoms in total. The van der Waals surface area contributed by atoms with Crippen LogP contribution in [0.4, 0.5) is 11.4 Å². The standard InChI is InChI=1S/C23H20N2O2/c1-17(26)24-20-14-11-18(12-15-20)13-16-23(27)25-22-10-6-5-9-21(22)19-7-3-2-4-8-19/h2-16H,1H3,(H,24,26)(H,25,27). The third kappa shape index (κ3) is 5.16. The Balaban J connectivity index is 1.70. The van der Waals surface area contributed by atoms with E-state index in [4.69, 9.17) is 0 Å². The Hall–Kier alpha value is -3.66. The minimum absolute atomic E-state index is 0.116. The summed E-state index contributed by atoms with van der Waals surface area (Å²) >= 11 is 0. The fourth-order valence-corrected chi connectivity index (χ4v) is 2.69. The first kappa shape index (κ1) is 18.1. The van der Waals surface area contributed by atoms with Crippen molar-refractivity contribution >= 4 is 29.3 Å². The fourth-order valence-electron chi connectivity index (χ4n) is 2.69. The number of amides is 2. The molecule has 2 amide bonds. The van der Waals surface area contributed by atoms with Crippen LogP contribution in [0.5, 0.6) is 0 Å². The smallest absolute Gasteiger partial charge is 0.248 e. The second-order valence-corrected chi connectivity index (χ2v) is 6.04. The van der Waals surface area contributed by atoms with Gasteiger partial charge in [-0.1, -0.05) is 60.7 Å². The van der Waals surface area contributed by atoms with Crippen LogP contribution >= 0.6 is 0 Å². The summed E-state index contributed by atoms with van der Waals surface area (Å²) in [5, 5.41) is 5.64. The number of carbonyl (C=O) groups excluding carboxylic acids is 2. The summed E-state index contributed by atoms with van der Waals surface area (Å²) in [6.45, 7) is 1.46. The van der Waals surface area contributed by atoms with Crippen LogP contribution in [0.15, 0.2) is 84.9 Å². The van der Waals surface area contributed by atoms with Gasteiger partial charge in [0.25, 0.3) is 0 Å². The van der Waals surface area contributed by atoms with Crippen LogP contribution in [-0.4, -0.2) is 11.8 Å². The SMILES string of the molecule is CC(=O)Nc1ccc(C=CC(=O)Nc2ccccc2-c2ccccc2)cc1. The molecular formula is C23H20N2O2. The van der Waals surface area contributed by atoms with Gasteiger partial charge in [-0.3, -0.25) is 9.59 Å². The van der Waals surface area contributed by atoms with E-state index in [9.17, 15) is 9.59 Å². The second kappa shape index (κ2) is 8.63. The van der Waals surface area contributed by atoms with Crippen molar-refractivity contribution in [1.82, 2.24) is 0 Å². The van der Waals surface area contributed by atoms with E-state index in [-0.39, 0.29) is 11.8 Å². The van der Waals surface area contributed by atoms with Crippen LogP contribution < -0.4 is 10.6 Å². The molecule has 0 fully saturated rings. The molecule has 3 aromatic carbocycles. The number of para-hydroxylation sites is 1. The van der Waals surface area contributed by atoms with E-state index in [0.29, 0.717) is 0 Å². The van der Waals surface area contributed by atoms with Gasteiger partial charge in [0.1, 0.15) is 0 Å². The normalized spacial score (nSPS) is 10.6. The highest BCUT2D eigenvalue weighted by Gasteiger charge is 2.06. The van der Waals surface area contributed by atoms with E-state index in [1.54, 1.807) is 18.2 Å². The maximum atomic E-state index is 12.3. The summed E-state index contributed by atoms with van der Waals surface area (Å²) in [6.07, 6.45) is 3.23. The van der Waals surface area contributed by atoms with Gasteiger partial charge in [0.05, 0.1) is 0 Å². The molecule has 0 bridgehead atoms. The zero-order valence-electron chi connectivity index (χ0n) is 15.0. The highest BCUT2D eigenvalue weighted by molar-refractivity contribution is 6.04. The molecular weight excluding hydrogens is 336 g/mol. The molecule has 27 heavy (non-hydrogen) atoms. The summed E-state index contributed by atoms with van der Waals surface area (Å²) in [5.74, 6) is -0.320. The first-order valence-electron chi connectivity index (χ1n) is 8.63. The Morgan fingerprint density at radius 3 is 2.15 bits per heavy atom. The molecule has 0 spiro atoms. The Morgan fingerprint density at radius 2 is 1.44 bits per heavy atom. The third-order valence-electron chi connectivity index (χ3n) is 3.93. The summed E-state index contributed by atoms with van der Waals surface area (Å²) in [7, 11) is 0. The molecule has 0 unspecified atom stereocenters. The van der Waals surface area contributed by atoms with E-state index >= 15 is 0 Å². The third-order valence-corrected chi connectivity index (χ3v) is 3.93. The fraction of sp³-hybridized carbons (Fsp3) is 0.0435. The molecule has 0 aliphatic carbocycles. The zero-order chi connectivity index (χ0) is 19.1. The first-order chi connectivity index (χ1) is 13.1. The van der Waals surface area contributed by atoms with Gasteiger partial charge in [0.15, 0.2) is 0 Å². The van der Waals surface area contributed by atoms with Crippen LogP contribution in [0.25, 0.3) is 17.2 Å². The topological polar surface area (TPSA) is 58.2 Å². The van der Waals surface area contributed by atoms with E-state index in [2.05, 4.69) is 10.6 Å². The number of rotatable bonds is 5. The maximum absolute atomic E-state index is 12.3. The van der Waals surface area contributed by atoms with Crippen LogP contribution in [0, 0.1) is 0 Å². The van der Waals surface area contributed by atoms with Crippen molar-refractivity contribution in [2.75, 3.05) is 10.6 Å². The van der Waals surface area contributed by atoms with Crippen molar-refractivity contribution in [2.45, 2.75) is 6.92 Å². The molecule has 0 saturated heterocycles. The number of hydrogen-bond donors (Lipinski definition) is 2. The van der Waals surface area contributed by atoms with Crippen molar-refractivity contribution in [3.63, 3.8) is 0 Å². The molecule has 0 saturated carbocycles. The van der Waals surface area contributed by atoms with Crippen LogP contribution in [-0.2, 0) is 9.59 Å². The summed E-state index contributed by atoms with van der Waals surface area (Å²) in [4.78, 5) is 23.4. The molecule has 3 rings (SSSR count). The molecule has 3 aromatic rings. The molecule has 134 valence electrons. The summed E-state index contributed by atoms with van der Waals surface area (Å²) < 4.78 is 0. The molecule has 0 atom stereocenters. The average molecular weight is 356 g/mol. The van der Waals surface area contributed by atoms with Crippen molar-refractivity contribution < 1.29 is 9.59 Å². The second-order valence-electron chi connectivity index (χ2n) is 6.04. The lowest BCUT2D eigenvalue weighted by molar-refractivity contribution is -0.114. The molecule has 0 aliphatic heterocycles. The summed E-state index contributed by atoms with van der Waals surface area (Å²) in [5.41, 5.74) is 4.38. The highest BCUT2D eigenvalue weighted by atomic mass is 16.2. The van der Waals surface area contributed by atoms with Crippen molar-refractivity contribution in [1.29, 1.82) is 0 Å². The van der Waals surface area contributed by atoms with Gasteiger partial charge in [-0.05, 0) is 35.4 Å². The molecule has 2 N–H and O–H groups in total. The van der Waals surface area contributed by atoms with Gasteiger partial charge in [0, 0.05) is 29.9 Å². The Kier molecular flexibility index (Phi) is 5.80. The van der Waals surface area contributed by atoms with Crippen LogP contribution in [0.1, 0.15) is 12.5 Å². The van der Waals surface area contributed by atoms with Crippen molar-refractivity contribution in [3.05, 3.63) is 90.5 Å². The number of anilines is 2. The van der Waals surface area contributed by atoms with Gasteiger partial charge in [-0.2, -0.15) is 0 Å². The van der Waals surface area contributed by atoms with E-state index in [1.807, 2.05) is 66.7 Å². The van der Waals surface area contributed by atoms with Gasteiger partial charge < -0.3 is 10.6 Å². The lowest BCUT2D eigenvalue weighted by Crippen LogP contribution is -2.08. The van der Waals surface area contributed by atoms with Gasteiger partial charge in [-0.25, -0.2) is 0 Å². The Morgan fingerprint density at radius 1 is 0.778 bits per heavy atom. The summed E-state index contributed by atoms with van der Waals surface area (Å²) in [6, 6.07) is 24.9. The highest BCUT2D eigenvalue weighted by Crippen LogP contribution is 2.27. The number of nitrogens with one attached hydrogen (secondary N) is 2. The lowest BCUT2D eigenvalue weighted by atomic mass is 10.0. The Bertz CT molecular complexity index is 961. The van der Waals surface area contributed by atoms with Gasteiger partial charge in [-0.15, -0.1) is 0 Å². The maximum Gasteiger partial charge on any atom is 0.248 e. The molecule has 0 aliphatic rings. The van der Waals surface area contributed by atoms with E-state index in [1.165, 1.54) is 13.0 Å². The van der Waals surface area contributed by atoms with Crippen molar-refractivity contribution in [3.8, 4) is 11.1 Å². The monoisotopic (exact) mass is 356 g/mol. The van der Waals surface area contributed by atoms with E-state index < -0.39 is 0 Å². The number of benzene rings is 3. The van der Waals surface area contributed by atoms with Crippen LogP contribution in [0.3, 0.4) is 0 Å². The van der Waals surface area contributed by atoms with Gasteiger partial charge >= 0.3 is 0 Å². The minimum Gasteiger partial charge on any atom is -0.326 e. The van der Waals surface area contributed by atoms with Crippen LogP contribution in [0.2, 0.25) is 0 Å². The first-order valence-corrected chi connectivity index (χ1v) is 8.63. The zero-order valence-corrected chi connectivity index (χ0v) is 15.0. The molecule has 4 heteroatoms.